The van der Waals surface area contributed by atoms with E-state index >= 15 is 0 Å². The standard InChI is InChI=1S/C23H31N5O2/c1-3-25-23(26-9-7-20-6-8-24-15-18(20)2)28-12-10-27(11-13-28)16-19-4-5-21-22(14-19)30-17-29-21/h4-6,8,14-15H,3,7,9-13,16-17H2,1-2H3,(H,25,26). The lowest BCUT2D eigenvalue weighted by Gasteiger charge is -2.36. The number of aliphatic imine (C=N–C) groups is 1. The summed E-state index contributed by atoms with van der Waals surface area (Å²) in [6.45, 7) is 11.1. The monoisotopic (exact) mass is 409 g/mol. The Hall–Kier alpha value is -2.80. The van der Waals surface area contributed by atoms with Crippen molar-refractivity contribution < 1.29 is 9.47 Å². The molecule has 1 aromatic heterocycles. The third kappa shape index (κ3) is 5.02. The fourth-order valence-corrected chi connectivity index (χ4v) is 3.91. The molecule has 0 saturated carbocycles. The quantitative estimate of drug-likeness (QED) is 0.584. The molecule has 2 aromatic rings. The van der Waals surface area contributed by atoms with Gasteiger partial charge in [0, 0.05) is 58.2 Å². The van der Waals surface area contributed by atoms with Crippen LogP contribution in [0.1, 0.15) is 23.6 Å². The molecule has 0 aliphatic carbocycles. The van der Waals surface area contributed by atoms with E-state index in [1.165, 1.54) is 16.7 Å². The normalized spacial score (nSPS) is 16.7. The number of nitrogens with one attached hydrogen (secondary N) is 1. The van der Waals surface area contributed by atoms with Crippen molar-refractivity contribution in [2.24, 2.45) is 4.99 Å². The van der Waals surface area contributed by atoms with E-state index in [1.807, 2.05) is 18.5 Å². The van der Waals surface area contributed by atoms with Crippen molar-refractivity contribution in [3.63, 3.8) is 0 Å². The number of rotatable bonds is 6. The first-order chi connectivity index (χ1) is 14.7. The first kappa shape index (κ1) is 20.5. The second kappa shape index (κ2) is 9.80. The smallest absolute Gasteiger partial charge is 0.231 e. The van der Waals surface area contributed by atoms with Crippen LogP contribution in [-0.4, -0.2) is 66.8 Å². The molecule has 0 radical (unpaired) electrons. The Bertz CT molecular complexity index is 878. The molecule has 30 heavy (non-hydrogen) atoms. The molecule has 0 spiro atoms. The van der Waals surface area contributed by atoms with Crippen molar-refractivity contribution in [3.05, 3.63) is 53.3 Å². The minimum Gasteiger partial charge on any atom is -0.454 e. The fourth-order valence-electron chi connectivity index (χ4n) is 3.91. The number of pyridine rings is 1. The molecule has 2 aliphatic heterocycles. The molecule has 160 valence electrons. The average molecular weight is 410 g/mol. The Kier molecular flexibility index (Phi) is 6.69. The number of ether oxygens (including phenoxy) is 2. The molecule has 7 nitrogen and oxygen atoms in total. The van der Waals surface area contributed by atoms with Gasteiger partial charge >= 0.3 is 0 Å². The summed E-state index contributed by atoms with van der Waals surface area (Å²) in [5.74, 6) is 2.72. The largest absolute Gasteiger partial charge is 0.454 e. The Balaban J connectivity index is 1.30. The highest BCUT2D eigenvalue weighted by Gasteiger charge is 2.21. The van der Waals surface area contributed by atoms with Gasteiger partial charge in [-0.05, 0) is 55.2 Å². The summed E-state index contributed by atoms with van der Waals surface area (Å²) in [7, 11) is 0. The summed E-state index contributed by atoms with van der Waals surface area (Å²) in [6.07, 6.45) is 4.72. The summed E-state index contributed by atoms with van der Waals surface area (Å²) in [6, 6.07) is 8.33. The van der Waals surface area contributed by atoms with Crippen molar-refractivity contribution in [1.29, 1.82) is 0 Å². The van der Waals surface area contributed by atoms with Crippen LogP contribution in [-0.2, 0) is 13.0 Å². The van der Waals surface area contributed by atoms with Crippen molar-refractivity contribution in [3.8, 4) is 11.5 Å². The van der Waals surface area contributed by atoms with Crippen LogP contribution in [0, 0.1) is 6.92 Å². The van der Waals surface area contributed by atoms with Gasteiger partial charge in [0.2, 0.25) is 6.79 Å². The molecule has 1 aromatic carbocycles. The number of aromatic nitrogens is 1. The van der Waals surface area contributed by atoms with E-state index in [0.717, 1.165) is 69.7 Å². The van der Waals surface area contributed by atoms with Gasteiger partial charge in [-0.15, -0.1) is 0 Å². The minimum absolute atomic E-state index is 0.324. The Morgan fingerprint density at radius 3 is 2.77 bits per heavy atom. The third-order valence-electron chi connectivity index (χ3n) is 5.63. The van der Waals surface area contributed by atoms with Crippen molar-refractivity contribution in [2.75, 3.05) is 46.1 Å². The number of benzene rings is 1. The van der Waals surface area contributed by atoms with Gasteiger partial charge in [0.15, 0.2) is 17.5 Å². The van der Waals surface area contributed by atoms with E-state index < -0.39 is 0 Å². The van der Waals surface area contributed by atoms with Gasteiger partial charge in [-0.3, -0.25) is 14.9 Å². The van der Waals surface area contributed by atoms with Gasteiger partial charge in [0.1, 0.15) is 0 Å². The van der Waals surface area contributed by atoms with Crippen LogP contribution >= 0.6 is 0 Å². The van der Waals surface area contributed by atoms with Gasteiger partial charge in [-0.25, -0.2) is 0 Å². The first-order valence-electron chi connectivity index (χ1n) is 10.8. The second-order valence-electron chi connectivity index (χ2n) is 7.74. The highest BCUT2D eigenvalue weighted by atomic mass is 16.7. The molecule has 0 atom stereocenters. The molecule has 7 heteroatoms. The number of piperazine rings is 1. The van der Waals surface area contributed by atoms with Crippen molar-refractivity contribution >= 4 is 5.96 Å². The summed E-state index contributed by atoms with van der Waals surface area (Å²) in [4.78, 5) is 13.9. The zero-order valence-corrected chi connectivity index (χ0v) is 17.9. The van der Waals surface area contributed by atoms with E-state index in [9.17, 15) is 0 Å². The average Bonchev–Trinajstić information content (AvgIpc) is 3.23. The molecule has 0 amide bonds. The summed E-state index contributed by atoms with van der Waals surface area (Å²) in [5, 5.41) is 3.46. The zero-order chi connectivity index (χ0) is 20.8. The van der Waals surface area contributed by atoms with Gasteiger partial charge in [-0.2, -0.15) is 0 Å². The van der Waals surface area contributed by atoms with Crippen LogP contribution in [0.2, 0.25) is 0 Å². The van der Waals surface area contributed by atoms with Gasteiger partial charge in [0.25, 0.3) is 0 Å². The first-order valence-corrected chi connectivity index (χ1v) is 10.8. The highest BCUT2D eigenvalue weighted by molar-refractivity contribution is 5.80. The fraction of sp³-hybridized carbons (Fsp3) is 0.478. The molecule has 1 N–H and O–H groups in total. The van der Waals surface area contributed by atoms with E-state index in [2.05, 4.69) is 52.1 Å². The number of fused-ring (bicyclic) bond motifs is 1. The van der Waals surface area contributed by atoms with Crippen LogP contribution in [0.3, 0.4) is 0 Å². The zero-order valence-electron chi connectivity index (χ0n) is 17.9. The van der Waals surface area contributed by atoms with Gasteiger partial charge in [0.05, 0.1) is 0 Å². The van der Waals surface area contributed by atoms with Crippen LogP contribution in [0.15, 0.2) is 41.7 Å². The molecule has 0 bridgehead atoms. The lowest BCUT2D eigenvalue weighted by molar-refractivity contribution is 0.171. The topological polar surface area (TPSA) is 62.2 Å². The molecule has 3 heterocycles. The van der Waals surface area contributed by atoms with E-state index in [4.69, 9.17) is 14.5 Å². The van der Waals surface area contributed by atoms with Crippen LogP contribution < -0.4 is 14.8 Å². The number of hydrogen-bond acceptors (Lipinski definition) is 5. The molecule has 0 unspecified atom stereocenters. The molecule has 1 saturated heterocycles. The van der Waals surface area contributed by atoms with E-state index in [1.54, 1.807) is 0 Å². The predicted octanol–water partition coefficient (Wildman–Crippen LogP) is 2.44. The van der Waals surface area contributed by atoms with Gasteiger partial charge < -0.3 is 19.7 Å². The SMILES string of the molecule is CCNC(=NCCc1ccncc1C)N1CCN(Cc2ccc3c(c2)OCO3)CC1. The molecule has 1 fully saturated rings. The predicted molar refractivity (Wildman–Crippen MR) is 118 cm³/mol. The van der Waals surface area contributed by atoms with E-state index in [-0.39, 0.29) is 0 Å². The highest BCUT2D eigenvalue weighted by Crippen LogP contribution is 2.32. The third-order valence-corrected chi connectivity index (χ3v) is 5.63. The summed E-state index contributed by atoms with van der Waals surface area (Å²) in [5.41, 5.74) is 3.81. The van der Waals surface area contributed by atoms with Crippen LogP contribution in [0.5, 0.6) is 11.5 Å². The molecular formula is C23H31N5O2. The van der Waals surface area contributed by atoms with E-state index in [0.29, 0.717) is 6.79 Å². The van der Waals surface area contributed by atoms with Crippen LogP contribution in [0.4, 0.5) is 0 Å². The summed E-state index contributed by atoms with van der Waals surface area (Å²) >= 11 is 0. The minimum atomic E-state index is 0.324. The lowest BCUT2D eigenvalue weighted by Crippen LogP contribution is -2.52. The van der Waals surface area contributed by atoms with Gasteiger partial charge in [-0.1, -0.05) is 6.07 Å². The Morgan fingerprint density at radius 1 is 1.13 bits per heavy atom. The Morgan fingerprint density at radius 2 is 1.97 bits per heavy atom. The maximum Gasteiger partial charge on any atom is 0.231 e. The van der Waals surface area contributed by atoms with Crippen molar-refractivity contribution in [2.45, 2.75) is 26.8 Å². The number of nitrogens with zero attached hydrogens (tertiary/aromatic N) is 4. The Labute approximate surface area is 178 Å². The van der Waals surface area contributed by atoms with Crippen molar-refractivity contribution in [1.82, 2.24) is 20.1 Å². The van der Waals surface area contributed by atoms with Crippen LogP contribution in [0.25, 0.3) is 0 Å². The summed E-state index contributed by atoms with van der Waals surface area (Å²) < 4.78 is 10.9. The number of aryl methyl sites for hydroxylation is 1. The molecular weight excluding hydrogens is 378 g/mol. The number of guanidine groups is 1. The number of hydrogen-bond donors (Lipinski definition) is 1. The maximum atomic E-state index is 5.50. The second-order valence-corrected chi connectivity index (χ2v) is 7.74. The lowest BCUT2D eigenvalue weighted by atomic mass is 10.1. The maximum absolute atomic E-state index is 5.50. The molecule has 4 rings (SSSR count). The molecule has 2 aliphatic rings.